The number of carbonyl (C=O) groups is 2. The lowest BCUT2D eigenvalue weighted by Crippen LogP contribution is -2.37. The number of hydrogen-bond donors (Lipinski definition) is 3. The highest BCUT2D eigenvalue weighted by atomic mass is 16.2. The molecule has 1 fully saturated rings. The van der Waals surface area contributed by atoms with Crippen molar-refractivity contribution in [3.8, 4) is 0 Å². The van der Waals surface area contributed by atoms with E-state index in [0.29, 0.717) is 25.1 Å². The maximum Gasteiger partial charge on any atom is 0.251 e. The van der Waals surface area contributed by atoms with Crippen molar-refractivity contribution in [3.63, 3.8) is 0 Å². The van der Waals surface area contributed by atoms with Crippen LogP contribution in [0.3, 0.4) is 0 Å². The number of rotatable bonds is 7. The van der Waals surface area contributed by atoms with Gasteiger partial charge in [-0.15, -0.1) is 0 Å². The van der Waals surface area contributed by atoms with Crippen LogP contribution in [0.2, 0.25) is 0 Å². The van der Waals surface area contributed by atoms with Crippen LogP contribution < -0.4 is 20.9 Å². The van der Waals surface area contributed by atoms with Gasteiger partial charge < -0.3 is 20.9 Å². The lowest BCUT2D eigenvalue weighted by atomic mass is 10.1. The summed E-state index contributed by atoms with van der Waals surface area (Å²) in [7, 11) is 3.37. The number of aliphatic imine (C=N–C) groups is 1. The van der Waals surface area contributed by atoms with Crippen LogP contribution in [0.1, 0.15) is 34.3 Å². The lowest BCUT2D eigenvalue weighted by Gasteiger charge is -2.16. The molecule has 7 heteroatoms. The summed E-state index contributed by atoms with van der Waals surface area (Å²) in [5, 5.41) is 9.24. The summed E-state index contributed by atoms with van der Waals surface area (Å²) in [5.74, 6) is 0.838. The van der Waals surface area contributed by atoms with E-state index in [4.69, 9.17) is 0 Å². The van der Waals surface area contributed by atoms with Crippen LogP contribution in [0, 0.1) is 0 Å². The summed E-state index contributed by atoms with van der Waals surface area (Å²) in [6, 6.07) is 15.7. The molecule has 0 radical (unpaired) electrons. The Morgan fingerprint density at radius 2 is 1.90 bits per heavy atom. The normalized spacial score (nSPS) is 14.0. The molecule has 7 nitrogen and oxygen atoms in total. The molecule has 1 heterocycles. The van der Waals surface area contributed by atoms with E-state index in [9.17, 15) is 9.59 Å². The average Bonchev–Trinajstić information content (AvgIpc) is 3.22. The molecule has 0 spiro atoms. The largest absolute Gasteiger partial charge is 0.356 e. The van der Waals surface area contributed by atoms with E-state index in [0.717, 1.165) is 42.2 Å². The van der Waals surface area contributed by atoms with Gasteiger partial charge >= 0.3 is 0 Å². The van der Waals surface area contributed by atoms with Gasteiger partial charge in [0.05, 0.1) is 0 Å². The van der Waals surface area contributed by atoms with E-state index in [-0.39, 0.29) is 11.8 Å². The predicted octanol–water partition coefficient (Wildman–Crippen LogP) is 2.08. The predicted molar refractivity (Wildman–Crippen MR) is 120 cm³/mol. The highest BCUT2D eigenvalue weighted by molar-refractivity contribution is 5.95. The SMILES string of the molecule is CN=C(NCCc1cccc(C(=O)NC)c1)NCc1ccc(N2CCCC2=O)cc1. The Morgan fingerprint density at radius 1 is 1.10 bits per heavy atom. The Kier molecular flexibility index (Phi) is 7.43. The molecule has 0 bridgehead atoms. The third kappa shape index (κ3) is 5.59. The van der Waals surface area contributed by atoms with Crippen molar-refractivity contribution in [1.29, 1.82) is 0 Å². The van der Waals surface area contributed by atoms with Gasteiger partial charge in [-0.25, -0.2) is 0 Å². The Bertz CT molecular complexity index is 908. The van der Waals surface area contributed by atoms with Gasteiger partial charge in [0, 0.05) is 51.4 Å². The summed E-state index contributed by atoms with van der Waals surface area (Å²) in [6.07, 6.45) is 2.35. The van der Waals surface area contributed by atoms with Crippen LogP contribution in [0.15, 0.2) is 53.5 Å². The van der Waals surface area contributed by atoms with Crippen molar-refractivity contribution < 1.29 is 9.59 Å². The number of nitrogens with zero attached hydrogens (tertiary/aromatic N) is 2. The molecule has 3 rings (SSSR count). The van der Waals surface area contributed by atoms with Gasteiger partial charge in [-0.3, -0.25) is 14.6 Å². The lowest BCUT2D eigenvalue weighted by molar-refractivity contribution is -0.117. The van der Waals surface area contributed by atoms with Crippen molar-refractivity contribution >= 4 is 23.5 Å². The zero-order valence-electron chi connectivity index (χ0n) is 17.6. The van der Waals surface area contributed by atoms with Crippen LogP contribution in [-0.2, 0) is 17.8 Å². The van der Waals surface area contributed by atoms with Crippen LogP contribution in [0.25, 0.3) is 0 Å². The molecule has 0 unspecified atom stereocenters. The Morgan fingerprint density at radius 3 is 2.57 bits per heavy atom. The Balaban J connectivity index is 1.46. The van der Waals surface area contributed by atoms with Gasteiger partial charge in [0.25, 0.3) is 5.91 Å². The summed E-state index contributed by atoms with van der Waals surface area (Å²) in [4.78, 5) is 29.7. The third-order valence-electron chi connectivity index (χ3n) is 5.13. The van der Waals surface area contributed by atoms with Gasteiger partial charge in [0.2, 0.25) is 5.91 Å². The minimum atomic E-state index is -0.0811. The van der Waals surface area contributed by atoms with Crippen molar-refractivity contribution in [2.45, 2.75) is 25.8 Å². The summed E-state index contributed by atoms with van der Waals surface area (Å²) in [6.45, 7) is 2.14. The number of amides is 2. The second-order valence-electron chi connectivity index (χ2n) is 7.20. The monoisotopic (exact) mass is 407 g/mol. The molecule has 1 aliphatic heterocycles. The standard InChI is InChI=1S/C23H29N5O2/c1-24-22(30)19-6-3-5-17(15-19)12-13-26-23(25-2)27-16-18-8-10-20(11-9-18)28-14-4-7-21(28)29/h3,5-6,8-11,15H,4,7,12-14,16H2,1-2H3,(H,24,30)(H2,25,26,27). The van der Waals surface area contributed by atoms with E-state index < -0.39 is 0 Å². The molecule has 1 aliphatic rings. The zero-order chi connectivity index (χ0) is 21.3. The fourth-order valence-corrected chi connectivity index (χ4v) is 3.46. The van der Waals surface area contributed by atoms with Crippen molar-refractivity contribution in [1.82, 2.24) is 16.0 Å². The first-order chi connectivity index (χ1) is 14.6. The van der Waals surface area contributed by atoms with Crippen LogP contribution in [0.4, 0.5) is 5.69 Å². The number of nitrogens with one attached hydrogen (secondary N) is 3. The molecule has 2 amide bonds. The quantitative estimate of drug-likeness (QED) is 0.485. The molecule has 30 heavy (non-hydrogen) atoms. The summed E-state index contributed by atoms with van der Waals surface area (Å²) >= 11 is 0. The molecule has 0 aromatic heterocycles. The summed E-state index contributed by atoms with van der Waals surface area (Å²) in [5.41, 5.74) is 3.83. The molecule has 0 saturated carbocycles. The molecule has 1 saturated heterocycles. The molecule has 0 aliphatic carbocycles. The molecular weight excluding hydrogens is 378 g/mol. The minimum absolute atomic E-state index is 0.0811. The van der Waals surface area contributed by atoms with Crippen LogP contribution in [0.5, 0.6) is 0 Å². The average molecular weight is 408 g/mol. The van der Waals surface area contributed by atoms with Gasteiger partial charge in [0.1, 0.15) is 0 Å². The van der Waals surface area contributed by atoms with E-state index in [1.165, 1.54) is 0 Å². The van der Waals surface area contributed by atoms with Crippen molar-refractivity contribution in [2.24, 2.45) is 4.99 Å². The third-order valence-corrected chi connectivity index (χ3v) is 5.13. The van der Waals surface area contributed by atoms with Gasteiger partial charge in [0.15, 0.2) is 5.96 Å². The van der Waals surface area contributed by atoms with E-state index in [1.54, 1.807) is 20.2 Å². The fourth-order valence-electron chi connectivity index (χ4n) is 3.46. The van der Waals surface area contributed by atoms with Gasteiger partial charge in [-0.1, -0.05) is 24.3 Å². The van der Waals surface area contributed by atoms with E-state index in [2.05, 4.69) is 20.9 Å². The first kappa shape index (κ1) is 21.4. The molecule has 2 aromatic rings. The number of guanidine groups is 1. The topological polar surface area (TPSA) is 85.8 Å². The second kappa shape index (κ2) is 10.4. The Hall–Kier alpha value is -3.35. The van der Waals surface area contributed by atoms with Crippen molar-refractivity contribution in [2.75, 3.05) is 32.1 Å². The number of benzene rings is 2. The second-order valence-corrected chi connectivity index (χ2v) is 7.20. The molecule has 0 atom stereocenters. The van der Waals surface area contributed by atoms with Crippen molar-refractivity contribution in [3.05, 3.63) is 65.2 Å². The van der Waals surface area contributed by atoms with E-state index >= 15 is 0 Å². The molecular formula is C23H29N5O2. The number of carbonyl (C=O) groups excluding carboxylic acids is 2. The highest BCUT2D eigenvalue weighted by Gasteiger charge is 2.21. The maximum atomic E-state index is 11.9. The minimum Gasteiger partial charge on any atom is -0.356 e. The first-order valence-electron chi connectivity index (χ1n) is 10.3. The van der Waals surface area contributed by atoms with Gasteiger partial charge in [-0.05, 0) is 48.2 Å². The highest BCUT2D eigenvalue weighted by Crippen LogP contribution is 2.21. The number of hydrogen-bond acceptors (Lipinski definition) is 3. The summed E-state index contributed by atoms with van der Waals surface area (Å²) < 4.78 is 0. The van der Waals surface area contributed by atoms with E-state index in [1.807, 2.05) is 47.4 Å². The first-order valence-corrected chi connectivity index (χ1v) is 10.3. The van der Waals surface area contributed by atoms with Crippen LogP contribution >= 0.6 is 0 Å². The Labute approximate surface area is 177 Å². The van der Waals surface area contributed by atoms with Gasteiger partial charge in [-0.2, -0.15) is 0 Å². The van der Waals surface area contributed by atoms with Crippen LogP contribution in [-0.4, -0.2) is 45.0 Å². The molecule has 3 N–H and O–H groups in total. The molecule has 2 aromatic carbocycles. The smallest absolute Gasteiger partial charge is 0.251 e. The maximum absolute atomic E-state index is 11.9. The zero-order valence-corrected chi connectivity index (χ0v) is 17.6. The fraction of sp³-hybridized carbons (Fsp3) is 0.348. The molecule has 158 valence electrons. The number of anilines is 1.